The van der Waals surface area contributed by atoms with E-state index in [1.165, 1.54) is 25.7 Å². The number of nitrogens with two attached hydrogens (primary N) is 1. The monoisotopic (exact) mass is 228 g/mol. The van der Waals surface area contributed by atoms with Crippen LogP contribution in [0.3, 0.4) is 0 Å². The van der Waals surface area contributed by atoms with Crippen LogP contribution in [0.5, 0.6) is 0 Å². The van der Waals surface area contributed by atoms with E-state index in [1.807, 2.05) is 0 Å². The molecule has 1 rings (SSSR count). The van der Waals surface area contributed by atoms with E-state index in [9.17, 15) is 0 Å². The fourth-order valence-electron chi connectivity index (χ4n) is 2.26. The third-order valence-electron chi connectivity index (χ3n) is 3.06. The number of rotatable bonds is 5. The summed E-state index contributed by atoms with van der Waals surface area (Å²) >= 11 is 0. The molecule has 0 spiro atoms. The molecular formula is C11H24N4O. The second-order valence-corrected chi connectivity index (χ2v) is 4.07. The fraction of sp³-hybridized carbons (Fsp3) is 0.909. The molecule has 5 heteroatoms. The number of nitrogens with one attached hydrogen (secondary N) is 1. The van der Waals surface area contributed by atoms with Gasteiger partial charge in [0.1, 0.15) is 0 Å². The van der Waals surface area contributed by atoms with E-state index >= 15 is 0 Å². The normalized spacial score (nSPS) is 17.8. The van der Waals surface area contributed by atoms with Crippen LogP contribution in [-0.4, -0.2) is 43.7 Å². The van der Waals surface area contributed by atoms with Crippen molar-refractivity contribution in [1.82, 2.24) is 10.3 Å². The number of hydrogen-bond donors (Lipinski definition) is 2. The third-order valence-corrected chi connectivity index (χ3v) is 3.06. The molecule has 0 saturated heterocycles. The van der Waals surface area contributed by atoms with Gasteiger partial charge in [-0.1, -0.05) is 12.8 Å². The topological polar surface area (TPSA) is 62.9 Å². The lowest BCUT2D eigenvalue weighted by molar-refractivity contribution is 0.207. The van der Waals surface area contributed by atoms with E-state index in [0.717, 1.165) is 12.5 Å². The van der Waals surface area contributed by atoms with Crippen LogP contribution in [0.1, 0.15) is 32.6 Å². The number of aliphatic imine (C=N–C) groups is 1. The van der Waals surface area contributed by atoms with Gasteiger partial charge in [0.05, 0.1) is 13.2 Å². The highest BCUT2D eigenvalue weighted by Gasteiger charge is 2.23. The van der Waals surface area contributed by atoms with Crippen LogP contribution >= 0.6 is 0 Å². The molecule has 5 nitrogen and oxygen atoms in total. The molecular weight excluding hydrogens is 204 g/mol. The van der Waals surface area contributed by atoms with Crippen molar-refractivity contribution in [3.8, 4) is 0 Å². The van der Waals surface area contributed by atoms with Crippen LogP contribution in [0.4, 0.5) is 0 Å². The summed E-state index contributed by atoms with van der Waals surface area (Å²) in [7, 11) is 1.68. The van der Waals surface area contributed by atoms with Crippen molar-refractivity contribution < 1.29 is 4.74 Å². The van der Waals surface area contributed by atoms with Gasteiger partial charge in [0.25, 0.3) is 0 Å². The summed E-state index contributed by atoms with van der Waals surface area (Å²) in [5.74, 6) is 6.33. The summed E-state index contributed by atoms with van der Waals surface area (Å²) in [5.41, 5.74) is 2.71. The first-order valence-electron chi connectivity index (χ1n) is 6.10. The number of nitrogens with zero attached hydrogens (tertiary/aromatic N) is 2. The molecule has 0 heterocycles. The molecule has 0 aromatic rings. The van der Waals surface area contributed by atoms with Crippen LogP contribution in [-0.2, 0) is 4.74 Å². The number of hydrazine groups is 1. The molecule has 0 atom stereocenters. The van der Waals surface area contributed by atoms with Crippen LogP contribution in [0.15, 0.2) is 4.99 Å². The predicted molar refractivity (Wildman–Crippen MR) is 66.1 cm³/mol. The Bertz CT molecular complexity index is 214. The zero-order valence-corrected chi connectivity index (χ0v) is 10.4. The number of ether oxygens (including phenoxy) is 1. The quantitative estimate of drug-likeness (QED) is 0.239. The minimum absolute atomic E-state index is 0.599. The van der Waals surface area contributed by atoms with E-state index in [-0.39, 0.29) is 0 Å². The Labute approximate surface area is 98.0 Å². The zero-order chi connectivity index (χ0) is 11.8. The molecule has 0 aliphatic heterocycles. The highest BCUT2D eigenvalue weighted by atomic mass is 16.5. The van der Waals surface area contributed by atoms with Crippen molar-refractivity contribution in [2.45, 2.75) is 38.6 Å². The van der Waals surface area contributed by atoms with E-state index in [0.29, 0.717) is 19.2 Å². The van der Waals surface area contributed by atoms with E-state index in [4.69, 9.17) is 10.6 Å². The van der Waals surface area contributed by atoms with Gasteiger partial charge in [0, 0.05) is 19.7 Å². The van der Waals surface area contributed by atoms with Crippen LogP contribution in [0, 0.1) is 0 Å². The first kappa shape index (κ1) is 13.3. The molecule has 0 unspecified atom stereocenters. The van der Waals surface area contributed by atoms with Gasteiger partial charge in [-0.25, -0.2) is 10.8 Å². The lowest BCUT2D eigenvalue weighted by Gasteiger charge is -2.30. The fourth-order valence-corrected chi connectivity index (χ4v) is 2.26. The van der Waals surface area contributed by atoms with Crippen molar-refractivity contribution >= 4 is 5.96 Å². The SMILES string of the molecule is CCN(C(=NCCOC)NN)C1CCCC1. The Hall–Kier alpha value is -0.810. The summed E-state index contributed by atoms with van der Waals surface area (Å²) in [5, 5.41) is 0. The van der Waals surface area contributed by atoms with E-state index < -0.39 is 0 Å². The third kappa shape index (κ3) is 3.64. The Balaban J connectivity index is 2.55. The van der Waals surface area contributed by atoms with Crippen molar-refractivity contribution in [2.75, 3.05) is 26.8 Å². The number of hydrogen-bond acceptors (Lipinski definition) is 3. The first-order valence-corrected chi connectivity index (χ1v) is 6.10. The highest BCUT2D eigenvalue weighted by Crippen LogP contribution is 2.23. The smallest absolute Gasteiger partial charge is 0.208 e. The summed E-state index contributed by atoms with van der Waals surface area (Å²) in [4.78, 5) is 6.70. The molecule has 16 heavy (non-hydrogen) atoms. The van der Waals surface area contributed by atoms with Crippen molar-refractivity contribution in [2.24, 2.45) is 10.8 Å². The predicted octanol–water partition coefficient (Wildman–Crippen LogP) is 0.717. The first-order chi connectivity index (χ1) is 7.83. The van der Waals surface area contributed by atoms with Gasteiger partial charge in [-0.2, -0.15) is 0 Å². The summed E-state index contributed by atoms with van der Waals surface area (Å²) in [6, 6.07) is 0.599. The van der Waals surface area contributed by atoms with Gasteiger partial charge in [0.15, 0.2) is 0 Å². The van der Waals surface area contributed by atoms with Crippen LogP contribution in [0.25, 0.3) is 0 Å². The molecule has 1 aliphatic carbocycles. The molecule has 0 aromatic heterocycles. The number of methoxy groups -OCH3 is 1. The maximum atomic E-state index is 5.54. The van der Waals surface area contributed by atoms with Crippen LogP contribution < -0.4 is 11.3 Å². The van der Waals surface area contributed by atoms with Gasteiger partial charge in [0.2, 0.25) is 5.96 Å². The van der Waals surface area contributed by atoms with Crippen molar-refractivity contribution in [1.29, 1.82) is 0 Å². The summed E-state index contributed by atoms with van der Waals surface area (Å²) < 4.78 is 4.98. The zero-order valence-electron chi connectivity index (χ0n) is 10.4. The number of guanidine groups is 1. The Morgan fingerprint density at radius 3 is 2.69 bits per heavy atom. The average Bonchev–Trinajstić information content (AvgIpc) is 2.82. The second kappa shape index (κ2) is 7.46. The molecule has 1 aliphatic rings. The second-order valence-electron chi connectivity index (χ2n) is 4.07. The molecule has 0 aromatic carbocycles. The van der Waals surface area contributed by atoms with E-state index in [1.54, 1.807) is 7.11 Å². The Morgan fingerprint density at radius 2 is 2.19 bits per heavy atom. The van der Waals surface area contributed by atoms with Gasteiger partial charge in [-0.05, 0) is 19.8 Å². The summed E-state index contributed by atoms with van der Waals surface area (Å²) in [6.07, 6.45) is 5.13. The lowest BCUT2D eigenvalue weighted by Crippen LogP contribution is -2.49. The van der Waals surface area contributed by atoms with Crippen molar-refractivity contribution in [3.63, 3.8) is 0 Å². The summed E-state index contributed by atoms with van der Waals surface area (Å²) in [6.45, 7) is 4.37. The van der Waals surface area contributed by atoms with Crippen molar-refractivity contribution in [3.05, 3.63) is 0 Å². The van der Waals surface area contributed by atoms with Gasteiger partial charge in [-0.3, -0.25) is 5.43 Å². The highest BCUT2D eigenvalue weighted by molar-refractivity contribution is 5.79. The van der Waals surface area contributed by atoms with Gasteiger partial charge >= 0.3 is 0 Å². The largest absolute Gasteiger partial charge is 0.383 e. The molecule has 1 fully saturated rings. The standard InChI is InChI=1S/C11H24N4O/c1-3-15(10-6-4-5-7-10)11(14-12)13-8-9-16-2/h10H,3-9,12H2,1-2H3,(H,13,14). The lowest BCUT2D eigenvalue weighted by atomic mass is 10.2. The maximum absolute atomic E-state index is 5.54. The molecule has 0 bridgehead atoms. The molecule has 3 N–H and O–H groups in total. The molecule has 0 radical (unpaired) electrons. The molecule has 94 valence electrons. The van der Waals surface area contributed by atoms with Gasteiger partial charge in [-0.15, -0.1) is 0 Å². The average molecular weight is 228 g/mol. The van der Waals surface area contributed by atoms with Gasteiger partial charge < -0.3 is 9.64 Å². The Kier molecular flexibility index (Phi) is 6.18. The maximum Gasteiger partial charge on any atom is 0.208 e. The minimum Gasteiger partial charge on any atom is -0.383 e. The van der Waals surface area contributed by atoms with E-state index in [2.05, 4.69) is 22.2 Å². The Morgan fingerprint density at radius 1 is 1.50 bits per heavy atom. The molecule has 0 amide bonds. The molecule has 1 saturated carbocycles. The minimum atomic E-state index is 0.599. The van der Waals surface area contributed by atoms with Crippen LogP contribution in [0.2, 0.25) is 0 Å².